The first-order valence-electron chi connectivity index (χ1n) is 7.00. The van der Waals surface area contributed by atoms with Crippen LogP contribution in [0.4, 0.5) is 0 Å². The molecular formula is C13H27N3. The van der Waals surface area contributed by atoms with Crippen LogP contribution < -0.4 is 5.73 Å². The van der Waals surface area contributed by atoms with Crippen LogP contribution in [0.3, 0.4) is 0 Å². The zero-order chi connectivity index (χ0) is 11.4. The minimum Gasteiger partial charge on any atom is -0.326 e. The van der Waals surface area contributed by atoms with Gasteiger partial charge in [-0.15, -0.1) is 0 Å². The quantitative estimate of drug-likeness (QED) is 0.779. The van der Waals surface area contributed by atoms with Crippen molar-refractivity contribution >= 4 is 0 Å². The highest BCUT2D eigenvalue weighted by atomic mass is 15.3. The molecule has 0 radical (unpaired) electrons. The van der Waals surface area contributed by atoms with Gasteiger partial charge in [0.15, 0.2) is 0 Å². The average Bonchev–Trinajstić information content (AvgIpc) is 2.83. The number of hydrogen-bond acceptors (Lipinski definition) is 3. The molecule has 0 aromatic heterocycles. The molecule has 2 rings (SSSR count). The summed E-state index contributed by atoms with van der Waals surface area (Å²) in [5.41, 5.74) is 6.32. The van der Waals surface area contributed by atoms with E-state index in [4.69, 9.17) is 5.73 Å². The fourth-order valence-corrected chi connectivity index (χ4v) is 3.12. The van der Waals surface area contributed by atoms with Crippen LogP contribution in [-0.2, 0) is 0 Å². The van der Waals surface area contributed by atoms with E-state index in [1.54, 1.807) is 0 Å². The molecule has 1 heterocycles. The molecule has 0 spiro atoms. The molecule has 3 nitrogen and oxygen atoms in total. The fraction of sp³-hybridized carbons (Fsp3) is 1.00. The Balaban J connectivity index is 1.69. The molecule has 0 aromatic rings. The molecule has 1 saturated heterocycles. The minimum atomic E-state index is 0.427. The molecule has 1 aliphatic carbocycles. The van der Waals surface area contributed by atoms with Crippen molar-refractivity contribution in [1.82, 2.24) is 9.80 Å². The van der Waals surface area contributed by atoms with Gasteiger partial charge in [0.05, 0.1) is 0 Å². The summed E-state index contributed by atoms with van der Waals surface area (Å²) in [6.07, 6.45) is 5.55. The van der Waals surface area contributed by atoms with Crippen LogP contribution >= 0.6 is 0 Å². The van der Waals surface area contributed by atoms with Crippen LogP contribution in [0, 0.1) is 5.92 Å². The summed E-state index contributed by atoms with van der Waals surface area (Å²) in [5, 5.41) is 0. The second-order valence-corrected chi connectivity index (χ2v) is 5.44. The molecule has 0 bridgehead atoms. The van der Waals surface area contributed by atoms with Gasteiger partial charge >= 0.3 is 0 Å². The summed E-state index contributed by atoms with van der Waals surface area (Å²) in [7, 11) is 0. The molecule has 2 N–H and O–H groups in total. The van der Waals surface area contributed by atoms with Gasteiger partial charge in [-0.3, -0.25) is 4.90 Å². The summed E-state index contributed by atoms with van der Waals surface area (Å²) in [4.78, 5) is 5.09. The number of nitrogens with zero attached hydrogens (tertiary/aromatic N) is 2. The molecule has 2 fully saturated rings. The van der Waals surface area contributed by atoms with Crippen LogP contribution in [0.25, 0.3) is 0 Å². The first-order chi connectivity index (χ1) is 7.79. The maximum atomic E-state index is 6.32. The van der Waals surface area contributed by atoms with E-state index in [1.165, 1.54) is 58.4 Å². The van der Waals surface area contributed by atoms with E-state index >= 15 is 0 Å². The Morgan fingerprint density at radius 1 is 1.06 bits per heavy atom. The topological polar surface area (TPSA) is 32.5 Å². The van der Waals surface area contributed by atoms with Crippen molar-refractivity contribution in [3.63, 3.8) is 0 Å². The van der Waals surface area contributed by atoms with Crippen LogP contribution in [0.1, 0.15) is 32.6 Å². The Labute approximate surface area is 100.0 Å². The number of hydrogen-bond donors (Lipinski definition) is 1. The Bertz CT molecular complexity index is 193. The molecule has 1 atom stereocenters. The lowest BCUT2D eigenvalue weighted by molar-refractivity contribution is 0.124. The van der Waals surface area contributed by atoms with Gasteiger partial charge in [0.1, 0.15) is 0 Å². The van der Waals surface area contributed by atoms with Crippen molar-refractivity contribution in [2.24, 2.45) is 11.7 Å². The molecule has 1 unspecified atom stereocenters. The zero-order valence-corrected chi connectivity index (χ0v) is 10.7. The third-order valence-electron chi connectivity index (χ3n) is 4.39. The van der Waals surface area contributed by atoms with Crippen molar-refractivity contribution < 1.29 is 0 Å². The Kier molecular flexibility index (Phi) is 4.62. The second kappa shape index (κ2) is 5.99. The van der Waals surface area contributed by atoms with Crippen molar-refractivity contribution in [2.45, 2.75) is 38.6 Å². The van der Waals surface area contributed by atoms with E-state index in [0.717, 1.165) is 12.5 Å². The lowest BCUT2D eigenvalue weighted by Gasteiger charge is -2.36. The van der Waals surface area contributed by atoms with E-state index in [9.17, 15) is 0 Å². The minimum absolute atomic E-state index is 0.427. The third-order valence-corrected chi connectivity index (χ3v) is 4.39. The predicted octanol–water partition coefficient (Wildman–Crippen LogP) is 1.14. The largest absolute Gasteiger partial charge is 0.326 e. The Hall–Kier alpha value is -0.120. The molecule has 94 valence electrons. The predicted molar refractivity (Wildman–Crippen MR) is 68.5 cm³/mol. The van der Waals surface area contributed by atoms with E-state index in [0.29, 0.717) is 6.04 Å². The maximum absolute atomic E-state index is 6.32. The summed E-state index contributed by atoms with van der Waals surface area (Å²) in [6.45, 7) is 9.47. The molecule has 3 heteroatoms. The Morgan fingerprint density at radius 2 is 1.62 bits per heavy atom. The van der Waals surface area contributed by atoms with Gasteiger partial charge in [0, 0.05) is 38.8 Å². The highest BCUT2D eigenvalue weighted by Crippen LogP contribution is 2.27. The van der Waals surface area contributed by atoms with E-state index in [2.05, 4.69) is 16.7 Å². The first-order valence-corrected chi connectivity index (χ1v) is 7.00. The molecule has 2 aliphatic rings. The lowest BCUT2D eigenvalue weighted by atomic mass is 9.98. The van der Waals surface area contributed by atoms with E-state index < -0.39 is 0 Å². The van der Waals surface area contributed by atoms with Gasteiger partial charge in [0.25, 0.3) is 0 Å². The van der Waals surface area contributed by atoms with E-state index in [1.807, 2.05) is 0 Å². The van der Waals surface area contributed by atoms with Crippen molar-refractivity contribution in [2.75, 3.05) is 39.3 Å². The van der Waals surface area contributed by atoms with Gasteiger partial charge in [-0.1, -0.05) is 19.8 Å². The highest BCUT2D eigenvalue weighted by Gasteiger charge is 2.25. The third kappa shape index (κ3) is 3.19. The standard InChI is InChI=1S/C13H27N3/c1-2-15-7-9-16(10-8-15)11-13(14)12-5-3-4-6-12/h12-13H,2-11,14H2,1H3. The summed E-state index contributed by atoms with van der Waals surface area (Å²) < 4.78 is 0. The van der Waals surface area contributed by atoms with Gasteiger partial charge in [-0.05, 0) is 25.3 Å². The summed E-state index contributed by atoms with van der Waals surface area (Å²) in [6, 6.07) is 0.427. The molecule has 16 heavy (non-hydrogen) atoms. The number of likely N-dealkylation sites (N-methyl/N-ethyl adjacent to an activating group) is 1. The molecule has 0 aromatic carbocycles. The van der Waals surface area contributed by atoms with Crippen LogP contribution in [0.2, 0.25) is 0 Å². The monoisotopic (exact) mass is 225 g/mol. The zero-order valence-electron chi connectivity index (χ0n) is 10.7. The number of rotatable bonds is 4. The van der Waals surface area contributed by atoms with Gasteiger partial charge < -0.3 is 10.6 Å². The summed E-state index contributed by atoms with van der Waals surface area (Å²) >= 11 is 0. The van der Waals surface area contributed by atoms with Gasteiger partial charge in [-0.2, -0.15) is 0 Å². The molecule has 0 amide bonds. The fourth-order valence-electron chi connectivity index (χ4n) is 3.12. The van der Waals surface area contributed by atoms with Crippen LogP contribution in [-0.4, -0.2) is 55.1 Å². The van der Waals surface area contributed by atoms with Crippen molar-refractivity contribution in [3.05, 3.63) is 0 Å². The second-order valence-electron chi connectivity index (χ2n) is 5.44. The molecular weight excluding hydrogens is 198 g/mol. The average molecular weight is 225 g/mol. The van der Waals surface area contributed by atoms with Crippen LogP contribution in [0.15, 0.2) is 0 Å². The molecule has 1 aliphatic heterocycles. The van der Waals surface area contributed by atoms with Crippen molar-refractivity contribution in [1.29, 1.82) is 0 Å². The van der Waals surface area contributed by atoms with Crippen LogP contribution in [0.5, 0.6) is 0 Å². The SMILES string of the molecule is CCN1CCN(CC(N)C2CCCC2)CC1. The molecule has 1 saturated carbocycles. The number of piperazine rings is 1. The van der Waals surface area contributed by atoms with Gasteiger partial charge in [-0.25, -0.2) is 0 Å². The Morgan fingerprint density at radius 3 is 2.19 bits per heavy atom. The lowest BCUT2D eigenvalue weighted by Crippen LogP contribution is -2.50. The smallest absolute Gasteiger partial charge is 0.0196 e. The highest BCUT2D eigenvalue weighted by molar-refractivity contribution is 4.82. The van der Waals surface area contributed by atoms with Crippen molar-refractivity contribution in [3.8, 4) is 0 Å². The maximum Gasteiger partial charge on any atom is 0.0196 e. The first kappa shape index (κ1) is 12.3. The van der Waals surface area contributed by atoms with Gasteiger partial charge in [0.2, 0.25) is 0 Å². The normalized spacial score (nSPS) is 27.4. The van der Waals surface area contributed by atoms with E-state index in [-0.39, 0.29) is 0 Å². The summed E-state index contributed by atoms with van der Waals surface area (Å²) in [5.74, 6) is 0.809. The number of nitrogens with two attached hydrogens (primary N) is 1.